The summed E-state index contributed by atoms with van der Waals surface area (Å²) in [5.74, 6) is 0.504. The Hall–Kier alpha value is -0.550. The van der Waals surface area contributed by atoms with E-state index in [9.17, 15) is 0 Å². The molecule has 94 valence electrons. The molecule has 0 fully saturated rings. The first kappa shape index (κ1) is 13.9. The molecule has 1 unspecified atom stereocenters. The molecule has 3 heteroatoms. The number of hydrogen-bond donors (Lipinski definition) is 1. The zero-order valence-corrected chi connectivity index (χ0v) is 13.9. The minimum Gasteiger partial charge on any atom is -0.384 e. The standard InChI is InChI=1S/C15H15BrIN/c1-11(12-5-3-2-4-6-12)10-18-13-7-8-15(17)14(16)9-13/h2-9,11,18H,10H2,1H3. The number of rotatable bonds is 4. The predicted octanol–water partition coefficient (Wildman–Crippen LogP) is 5.27. The summed E-state index contributed by atoms with van der Waals surface area (Å²) in [4.78, 5) is 0. The summed E-state index contributed by atoms with van der Waals surface area (Å²) in [6, 6.07) is 16.9. The summed E-state index contributed by atoms with van der Waals surface area (Å²) < 4.78 is 2.37. The van der Waals surface area contributed by atoms with Crippen LogP contribution in [0.4, 0.5) is 5.69 Å². The van der Waals surface area contributed by atoms with Crippen molar-refractivity contribution < 1.29 is 0 Å². The van der Waals surface area contributed by atoms with Crippen molar-refractivity contribution in [3.8, 4) is 0 Å². The molecule has 0 saturated heterocycles. The smallest absolute Gasteiger partial charge is 0.0352 e. The fourth-order valence-electron chi connectivity index (χ4n) is 1.78. The van der Waals surface area contributed by atoms with Gasteiger partial charge in [0, 0.05) is 20.3 Å². The molecule has 0 saturated carbocycles. The van der Waals surface area contributed by atoms with E-state index in [1.165, 1.54) is 9.13 Å². The molecule has 0 aliphatic carbocycles. The molecule has 2 rings (SSSR count). The second-order valence-electron chi connectivity index (χ2n) is 4.32. The second kappa shape index (κ2) is 6.57. The highest BCUT2D eigenvalue weighted by Crippen LogP contribution is 2.23. The number of benzene rings is 2. The third kappa shape index (κ3) is 3.72. The maximum atomic E-state index is 3.55. The topological polar surface area (TPSA) is 12.0 Å². The first-order valence-corrected chi connectivity index (χ1v) is 7.78. The molecule has 1 atom stereocenters. The lowest BCUT2D eigenvalue weighted by molar-refractivity contribution is 0.805. The van der Waals surface area contributed by atoms with Crippen LogP contribution in [0.5, 0.6) is 0 Å². The van der Waals surface area contributed by atoms with E-state index in [1.807, 2.05) is 0 Å². The first-order chi connectivity index (χ1) is 8.66. The Morgan fingerprint density at radius 1 is 1.17 bits per heavy atom. The van der Waals surface area contributed by atoms with E-state index in [1.54, 1.807) is 0 Å². The van der Waals surface area contributed by atoms with E-state index in [0.717, 1.165) is 16.7 Å². The van der Waals surface area contributed by atoms with Crippen LogP contribution < -0.4 is 5.32 Å². The van der Waals surface area contributed by atoms with Gasteiger partial charge in [-0.05, 0) is 68.2 Å². The molecule has 1 nitrogen and oxygen atoms in total. The van der Waals surface area contributed by atoms with Gasteiger partial charge in [0.15, 0.2) is 0 Å². The van der Waals surface area contributed by atoms with Gasteiger partial charge in [-0.15, -0.1) is 0 Å². The highest BCUT2D eigenvalue weighted by molar-refractivity contribution is 14.1. The van der Waals surface area contributed by atoms with Crippen molar-refractivity contribution >= 4 is 44.2 Å². The Labute approximate surface area is 130 Å². The molecule has 0 aliphatic rings. The van der Waals surface area contributed by atoms with Crippen molar-refractivity contribution in [1.82, 2.24) is 0 Å². The van der Waals surface area contributed by atoms with E-state index < -0.39 is 0 Å². The second-order valence-corrected chi connectivity index (χ2v) is 6.34. The Kier molecular flexibility index (Phi) is 5.06. The van der Waals surface area contributed by atoms with Gasteiger partial charge < -0.3 is 5.32 Å². The van der Waals surface area contributed by atoms with E-state index >= 15 is 0 Å². The first-order valence-electron chi connectivity index (χ1n) is 5.90. The van der Waals surface area contributed by atoms with Crippen LogP contribution in [0.1, 0.15) is 18.4 Å². The van der Waals surface area contributed by atoms with Crippen LogP contribution in [0.3, 0.4) is 0 Å². The predicted molar refractivity (Wildman–Crippen MR) is 90.2 cm³/mol. The summed E-state index contributed by atoms with van der Waals surface area (Å²) >= 11 is 5.87. The van der Waals surface area contributed by atoms with E-state index in [0.29, 0.717) is 5.92 Å². The van der Waals surface area contributed by atoms with Crippen LogP contribution >= 0.6 is 38.5 Å². The SMILES string of the molecule is CC(CNc1ccc(I)c(Br)c1)c1ccccc1. The molecule has 0 radical (unpaired) electrons. The van der Waals surface area contributed by atoms with E-state index in [2.05, 4.69) is 99.3 Å². The molecule has 0 bridgehead atoms. The number of nitrogens with one attached hydrogen (secondary N) is 1. The zero-order valence-electron chi connectivity index (χ0n) is 10.2. The van der Waals surface area contributed by atoms with E-state index in [4.69, 9.17) is 0 Å². The Bertz CT molecular complexity index is 513. The van der Waals surface area contributed by atoms with Crippen molar-refractivity contribution in [2.24, 2.45) is 0 Å². The van der Waals surface area contributed by atoms with Crippen molar-refractivity contribution in [2.75, 3.05) is 11.9 Å². The van der Waals surface area contributed by atoms with Crippen LogP contribution in [0.2, 0.25) is 0 Å². The van der Waals surface area contributed by atoms with Gasteiger partial charge in [0.25, 0.3) is 0 Å². The molecular formula is C15H15BrIN. The molecule has 18 heavy (non-hydrogen) atoms. The molecule has 0 aliphatic heterocycles. The molecule has 2 aromatic rings. The highest BCUT2D eigenvalue weighted by Gasteiger charge is 2.05. The third-order valence-electron chi connectivity index (χ3n) is 2.90. The Morgan fingerprint density at radius 2 is 1.89 bits per heavy atom. The van der Waals surface area contributed by atoms with Crippen LogP contribution in [-0.4, -0.2) is 6.54 Å². The lowest BCUT2D eigenvalue weighted by Gasteiger charge is -2.14. The minimum absolute atomic E-state index is 0.504. The average Bonchev–Trinajstić information content (AvgIpc) is 2.41. The van der Waals surface area contributed by atoms with Gasteiger partial charge in [-0.2, -0.15) is 0 Å². The monoisotopic (exact) mass is 415 g/mol. The highest BCUT2D eigenvalue weighted by atomic mass is 127. The van der Waals surface area contributed by atoms with Crippen molar-refractivity contribution in [3.63, 3.8) is 0 Å². The summed E-state index contributed by atoms with van der Waals surface area (Å²) in [5.41, 5.74) is 2.53. The molecule has 0 amide bonds. The number of halogens is 2. The van der Waals surface area contributed by atoms with Crippen molar-refractivity contribution in [2.45, 2.75) is 12.8 Å². The van der Waals surface area contributed by atoms with Crippen molar-refractivity contribution in [3.05, 3.63) is 62.1 Å². The lowest BCUT2D eigenvalue weighted by atomic mass is 10.0. The summed E-state index contributed by atoms with van der Waals surface area (Å²) in [7, 11) is 0. The minimum atomic E-state index is 0.504. The molecule has 2 aromatic carbocycles. The van der Waals surface area contributed by atoms with Crippen LogP contribution in [0.15, 0.2) is 53.0 Å². The van der Waals surface area contributed by atoms with Gasteiger partial charge in [-0.25, -0.2) is 0 Å². The number of anilines is 1. The lowest BCUT2D eigenvalue weighted by Crippen LogP contribution is -2.09. The van der Waals surface area contributed by atoms with Crippen LogP contribution in [0.25, 0.3) is 0 Å². The Morgan fingerprint density at radius 3 is 2.56 bits per heavy atom. The zero-order chi connectivity index (χ0) is 13.0. The maximum absolute atomic E-state index is 3.55. The molecule has 0 heterocycles. The van der Waals surface area contributed by atoms with Gasteiger partial charge in [0.05, 0.1) is 0 Å². The van der Waals surface area contributed by atoms with Gasteiger partial charge in [0.2, 0.25) is 0 Å². The van der Waals surface area contributed by atoms with Gasteiger partial charge in [-0.3, -0.25) is 0 Å². The molecule has 0 aromatic heterocycles. The fraction of sp³-hybridized carbons (Fsp3) is 0.200. The molecule has 0 spiro atoms. The largest absolute Gasteiger partial charge is 0.384 e. The molecular weight excluding hydrogens is 401 g/mol. The van der Waals surface area contributed by atoms with Crippen LogP contribution in [-0.2, 0) is 0 Å². The molecule has 1 N–H and O–H groups in total. The third-order valence-corrected chi connectivity index (χ3v) is 5.24. The van der Waals surface area contributed by atoms with Gasteiger partial charge in [-0.1, -0.05) is 37.3 Å². The number of hydrogen-bond acceptors (Lipinski definition) is 1. The Balaban J connectivity index is 1.97. The fourth-order valence-corrected chi connectivity index (χ4v) is 2.49. The quantitative estimate of drug-likeness (QED) is 0.670. The summed E-state index contributed by atoms with van der Waals surface area (Å²) in [5, 5.41) is 3.48. The van der Waals surface area contributed by atoms with Gasteiger partial charge in [0.1, 0.15) is 0 Å². The summed E-state index contributed by atoms with van der Waals surface area (Å²) in [6.07, 6.45) is 0. The van der Waals surface area contributed by atoms with Crippen LogP contribution in [0, 0.1) is 3.57 Å². The van der Waals surface area contributed by atoms with E-state index in [-0.39, 0.29) is 0 Å². The average molecular weight is 416 g/mol. The normalized spacial score (nSPS) is 12.2. The van der Waals surface area contributed by atoms with Gasteiger partial charge >= 0.3 is 0 Å². The summed E-state index contributed by atoms with van der Waals surface area (Å²) in [6.45, 7) is 3.18. The van der Waals surface area contributed by atoms with Crippen molar-refractivity contribution in [1.29, 1.82) is 0 Å². The maximum Gasteiger partial charge on any atom is 0.0352 e.